The standard InChI is InChI=1S/C27H36N4O4/c1-19(2)16-24(23(26(33)30-35)14-8-12-21-10-6-5-7-11-21)25(32)29-31(18-20(3)4)27(34)22-13-9-15-28-17-22/h5-13,15,17,19-20,23-24,35H,14,16,18H2,1-4H3,(H,29,32)(H,30,33)/b12-8+/t23-,24+/m0/s1. The molecule has 0 saturated heterocycles. The van der Waals surface area contributed by atoms with Crippen molar-refractivity contribution < 1.29 is 19.6 Å². The monoisotopic (exact) mass is 480 g/mol. The second kappa shape index (κ2) is 14.0. The summed E-state index contributed by atoms with van der Waals surface area (Å²) in [7, 11) is 0. The average Bonchev–Trinajstić information content (AvgIpc) is 2.85. The Hall–Kier alpha value is -3.52. The van der Waals surface area contributed by atoms with E-state index >= 15 is 0 Å². The molecular weight excluding hydrogens is 444 g/mol. The summed E-state index contributed by atoms with van der Waals surface area (Å²) in [6, 6.07) is 12.9. The topological polar surface area (TPSA) is 112 Å². The van der Waals surface area contributed by atoms with Crippen LogP contribution in [0.25, 0.3) is 6.08 Å². The molecule has 8 nitrogen and oxygen atoms in total. The third-order valence-corrected chi connectivity index (χ3v) is 5.44. The van der Waals surface area contributed by atoms with Gasteiger partial charge in [-0.3, -0.25) is 30.0 Å². The third-order valence-electron chi connectivity index (χ3n) is 5.44. The zero-order chi connectivity index (χ0) is 25.8. The van der Waals surface area contributed by atoms with Crippen LogP contribution in [-0.2, 0) is 9.59 Å². The van der Waals surface area contributed by atoms with Gasteiger partial charge in [0.25, 0.3) is 5.91 Å². The molecule has 0 aliphatic rings. The molecule has 0 fully saturated rings. The van der Waals surface area contributed by atoms with E-state index in [0.29, 0.717) is 18.5 Å². The molecule has 3 N–H and O–H groups in total. The number of nitrogens with one attached hydrogen (secondary N) is 2. The van der Waals surface area contributed by atoms with Crippen molar-refractivity contribution in [1.29, 1.82) is 0 Å². The van der Waals surface area contributed by atoms with E-state index in [1.54, 1.807) is 23.8 Å². The molecule has 188 valence electrons. The first-order valence-corrected chi connectivity index (χ1v) is 11.9. The number of hydrogen-bond donors (Lipinski definition) is 3. The molecule has 0 spiro atoms. The summed E-state index contributed by atoms with van der Waals surface area (Å²) >= 11 is 0. The van der Waals surface area contributed by atoms with Crippen molar-refractivity contribution in [3.05, 3.63) is 72.1 Å². The van der Waals surface area contributed by atoms with Crippen LogP contribution in [0.2, 0.25) is 0 Å². The fourth-order valence-corrected chi connectivity index (χ4v) is 3.82. The number of amides is 3. The Morgan fingerprint density at radius 3 is 2.26 bits per heavy atom. The molecule has 0 bridgehead atoms. The van der Waals surface area contributed by atoms with Crippen LogP contribution in [0.1, 0.15) is 56.5 Å². The van der Waals surface area contributed by atoms with Crippen molar-refractivity contribution in [3.8, 4) is 0 Å². The van der Waals surface area contributed by atoms with Crippen molar-refractivity contribution in [2.24, 2.45) is 23.7 Å². The number of carbonyl (C=O) groups is 3. The minimum absolute atomic E-state index is 0.0878. The summed E-state index contributed by atoms with van der Waals surface area (Å²) in [6.07, 6.45) is 7.36. The Kier molecular flexibility index (Phi) is 11.1. The molecule has 2 atom stereocenters. The van der Waals surface area contributed by atoms with Crippen molar-refractivity contribution >= 4 is 23.8 Å². The van der Waals surface area contributed by atoms with Crippen molar-refractivity contribution in [1.82, 2.24) is 20.9 Å². The molecule has 8 heteroatoms. The molecule has 0 radical (unpaired) electrons. The van der Waals surface area contributed by atoms with Crippen LogP contribution in [0, 0.1) is 23.7 Å². The minimum Gasteiger partial charge on any atom is -0.289 e. The molecule has 0 aliphatic carbocycles. The van der Waals surface area contributed by atoms with Gasteiger partial charge in [0.15, 0.2) is 0 Å². The van der Waals surface area contributed by atoms with E-state index in [-0.39, 0.29) is 24.2 Å². The fourth-order valence-electron chi connectivity index (χ4n) is 3.82. The second-order valence-electron chi connectivity index (χ2n) is 9.39. The Morgan fingerprint density at radius 1 is 0.971 bits per heavy atom. The van der Waals surface area contributed by atoms with E-state index in [0.717, 1.165) is 5.56 Å². The Bertz CT molecular complexity index is 977. The van der Waals surface area contributed by atoms with Gasteiger partial charge in [-0.15, -0.1) is 0 Å². The molecule has 3 amide bonds. The molecule has 1 aromatic heterocycles. The normalized spacial score (nSPS) is 13.0. The summed E-state index contributed by atoms with van der Waals surface area (Å²) in [5, 5.41) is 10.7. The molecule has 0 saturated carbocycles. The van der Waals surface area contributed by atoms with Gasteiger partial charge in [0.2, 0.25) is 11.8 Å². The molecule has 1 heterocycles. The first-order chi connectivity index (χ1) is 16.7. The summed E-state index contributed by atoms with van der Waals surface area (Å²) in [5.41, 5.74) is 5.78. The number of aromatic nitrogens is 1. The van der Waals surface area contributed by atoms with E-state index in [4.69, 9.17) is 0 Å². The average molecular weight is 481 g/mol. The number of hydrazine groups is 1. The van der Waals surface area contributed by atoms with Gasteiger partial charge in [-0.25, -0.2) is 10.5 Å². The van der Waals surface area contributed by atoms with Crippen LogP contribution in [0.5, 0.6) is 0 Å². The van der Waals surface area contributed by atoms with Crippen LogP contribution in [0.3, 0.4) is 0 Å². The van der Waals surface area contributed by atoms with Crippen LogP contribution in [0.4, 0.5) is 0 Å². The lowest BCUT2D eigenvalue weighted by Gasteiger charge is -2.30. The van der Waals surface area contributed by atoms with Crippen LogP contribution in [0.15, 0.2) is 60.9 Å². The lowest BCUT2D eigenvalue weighted by Crippen LogP contribution is -2.52. The van der Waals surface area contributed by atoms with E-state index in [9.17, 15) is 19.6 Å². The maximum Gasteiger partial charge on any atom is 0.273 e. The third kappa shape index (κ3) is 8.98. The summed E-state index contributed by atoms with van der Waals surface area (Å²) in [6.45, 7) is 8.09. The van der Waals surface area contributed by atoms with Gasteiger partial charge < -0.3 is 0 Å². The van der Waals surface area contributed by atoms with Crippen molar-refractivity contribution in [2.75, 3.05) is 6.54 Å². The zero-order valence-corrected chi connectivity index (χ0v) is 20.8. The quantitative estimate of drug-likeness (QED) is 0.331. The minimum atomic E-state index is -0.822. The predicted octanol–water partition coefficient (Wildman–Crippen LogP) is 4.10. The second-order valence-corrected chi connectivity index (χ2v) is 9.39. The Balaban J connectivity index is 2.29. The summed E-state index contributed by atoms with van der Waals surface area (Å²) in [5.74, 6) is -2.86. The largest absolute Gasteiger partial charge is 0.289 e. The Morgan fingerprint density at radius 2 is 1.69 bits per heavy atom. The number of allylic oxidation sites excluding steroid dienone is 1. The van der Waals surface area contributed by atoms with Gasteiger partial charge in [-0.2, -0.15) is 0 Å². The first kappa shape index (κ1) is 27.7. The molecule has 2 aromatic rings. The number of carbonyl (C=O) groups excluding carboxylic acids is 3. The lowest BCUT2D eigenvalue weighted by atomic mass is 9.82. The van der Waals surface area contributed by atoms with Gasteiger partial charge in [0.1, 0.15) is 0 Å². The number of hydroxylamine groups is 1. The van der Waals surface area contributed by atoms with Crippen LogP contribution < -0.4 is 10.9 Å². The van der Waals surface area contributed by atoms with Gasteiger partial charge in [0, 0.05) is 18.9 Å². The van der Waals surface area contributed by atoms with Gasteiger partial charge >= 0.3 is 0 Å². The maximum atomic E-state index is 13.5. The van der Waals surface area contributed by atoms with E-state index in [1.165, 1.54) is 11.2 Å². The van der Waals surface area contributed by atoms with Crippen LogP contribution >= 0.6 is 0 Å². The molecule has 1 aromatic carbocycles. The first-order valence-electron chi connectivity index (χ1n) is 11.9. The van der Waals surface area contributed by atoms with Crippen LogP contribution in [-0.4, -0.2) is 39.5 Å². The number of benzene rings is 1. The van der Waals surface area contributed by atoms with E-state index in [1.807, 2.05) is 70.2 Å². The molecular formula is C27H36N4O4. The molecule has 35 heavy (non-hydrogen) atoms. The summed E-state index contributed by atoms with van der Waals surface area (Å²) in [4.78, 5) is 43.2. The predicted molar refractivity (Wildman–Crippen MR) is 135 cm³/mol. The molecule has 0 aliphatic heterocycles. The fraction of sp³-hybridized carbons (Fsp3) is 0.407. The maximum absolute atomic E-state index is 13.5. The highest BCUT2D eigenvalue weighted by atomic mass is 16.5. The van der Waals surface area contributed by atoms with E-state index in [2.05, 4.69) is 10.4 Å². The smallest absolute Gasteiger partial charge is 0.273 e. The summed E-state index contributed by atoms with van der Waals surface area (Å²) < 4.78 is 0. The number of rotatable bonds is 11. The van der Waals surface area contributed by atoms with Gasteiger partial charge in [0.05, 0.1) is 17.4 Å². The van der Waals surface area contributed by atoms with E-state index < -0.39 is 23.7 Å². The lowest BCUT2D eigenvalue weighted by molar-refractivity contribution is -0.142. The molecule has 2 rings (SSSR count). The highest BCUT2D eigenvalue weighted by molar-refractivity contribution is 5.96. The Labute approximate surface area is 207 Å². The highest BCUT2D eigenvalue weighted by Crippen LogP contribution is 2.26. The SMILES string of the molecule is CC(C)C[C@@H](C(=O)NN(CC(C)C)C(=O)c1cccnc1)[C@H](C/C=C/c1ccccc1)C(=O)NO. The zero-order valence-electron chi connectivity index (χ0n) is 20.8. The number of pyridine rings is 1. The van der Waals surface area contributed by atoms with Crippen molar-refractivity contribution in [2.45, 2.75) is 40.5 Å². The number of hydrogen-bond acceptors (Lipinski definition) is 5. The molecule has 0 unspecified atom stereocenters. The number of nitrogens with zero attached hydrogens (tertiary/aromatic N) is 2. The van der Waals surface area contributed by atoms with Gasteiger partial charge in [-0.05, 0) is 42.4 Å². The van der Waals surface area contributed by atoms with Crippen molar-refractivity contribution in [3.63, 3.8) is 0 Å². The highest BCUT2D eigenvalue weighted by Gasteiger charge is 2.35. The van der Waals surface area contributed by atoms with Gasteiger partial charge in [-0.1, -0.05) is 70.2 Å².